The van der Waals surface area contributed by atoms with Crippen LogP contribution in [0.5, 0.6) is 0 Å². The monoisotopic (exact) mass is 451 g/mol. The van der Waals surface area contributed by atoms with Crippen LogP contribution in [-0.2, 0) is 9.59 Å². The second-order valence-electron chi connectivity index (χ2n) is 7.69. The normalized spacial score (nSPS) is 17.4. The van der Waals surface area contributed by atoms with Gasteiger partial charge in [-0.2, -0.15) is 5.26 Å². The molecule has 1 saturated heterocycles. The molecule has 0 spiro atoms. The van der Waals surface area contributed by atoms with Gasteiger partial charge in [-0.25, -0.2) is 8.78 Å². The smallest absolute Gasteiger partial charge is 0.268 e. The number of rotatable bonds is 6. The van der Waals surface area contributed by atoms with Crippen molar-refractivity contribution in [3.8, 4) is 17.2 Å². The first kappa shape index (κ1) is 23.7. The second kappa shape index (κ2) is 9.69. The topological polar surface area (TPSA) is 98.4 Å². The first-order chi connectivity index (χ1) is 15.7. The number of aryl methyl sites for hydroxylation is 1. The highest BCUT2D eigenvalue weighted by Crippen LogP contribution is 2.33. The molecule has 0 saturated carbocycles. The van der Waals surface area contributed by atoms with Crippen LogP contribution >= 0.6 is 0 Å². The summed E-state index contributed by atoms with van der Waals surface area (Å²) in [6.07, 6.45) is 2.59. The van der Waals surface area contributed by atoms with Crippen LogP contribution < -0.4 is 5.32 Å². The van der Waals surface area contributed by atoms with Crippen molar-refractivity contribution in [1.29, 1.82) is 5.26 Å². The molecule has 1 N–H and O–H groups in total. The number of pyridine rings is 1. The van der Waals surface area contributed by atoms with Gasteiger partial charge in [0, 0.05) is 35.0 Å². The van der Waals surface area contributed by atoms with E-state index in [1.54, 1.807) is 37.4 Å². The van der Waals surface area contributed by atoms with Crippen LogP contribution in [0.3, 0.4) is 0 Å². The molecule has 1 atom stereocenters. The Balaban J connectivity index is 1.79. The number of halogens is 2. The van der Waals surface area contributed by atoms with Crippen molar-refractivity contribution in [2.24, 2.45) is 4.99 Å². The van der Waals surface area contributed by atoms with Gasteiger partial charge >= 0.3 is 0 Å². The van der Waals surface area contributed by atoms with Gasteiger partial charge in [-0.05, 0) is 44.3 Å². The molecule has 1 aliphatic heterocycles. The molecule has 2 heterocycles. The highest BCUT2D eigenvalue weighted by Gasteiger charge is 2.47. The first-order valence-electron chi connectivity index (χ1n) is 10.2. The lowest BCUT2D eigenvalue weighted by molar-refractivity contribution is -0.133. The number of hydrogen-bond donors (Lipinski definition) is 1. The first-order valence-corrected chi connectivity index (χ1v) is 10.2. The van der Waals surface area contributed by atoms with Crippen LogP contribution in [0.4, 0.5) is 14.5 Å². The third-order valence-electron chi connectivity index (χ3n) is 5.37. The number of carbonyl (C=O) groups excluding carboxylic acids is 2. The molecule has 1 aromatic heterocycles. The molecule has 1 fully saturated rings. The Hall–Kier alpha value is -3.93. The number of allylic oxidation sites excluding steroid dienone is 1. The Morgan fingerprint density at radius 3 is 2.70 bits per heavy atom. The van der Waals surface area contributed by atoms with E-state index in [0.29, 0.717) is 11.3 Å². The van der Waals surface area contributed by atoms with E-state index in [0.717, 1.165) is 21.7 Å². The Kier molecular flexibility index (Phi) is 6.97. The lowest BCUT2D eigenvalue weighted by atomic mass is 9.97. The summed E-state index contributed by atoms with van der Waals surface area (Å²) >= 11 is 0. The van der Waals surface area contributed by atoms with Gasteiger partial charge in [-0.1, -0.05) is 18.2 Å². The number of amides is 2. The predicted molar refractivity (Wildman–Crippen MR) is 121 cm³/mol. The molecule has 1 aliphatic rings. The molecule has 0 radical (unpaired) electrons. The predicted octanol–water partition coefficient (Wildman–Crippen LogP) is 3.67. The van der Waals surface area contributed by atoms with E-state index in [4.69, 9.17) is 5.26 Å². The Morgan fingerprint density at radius 1 is 1.36 bits per heavy atom. The van der Waals surface area contributed by atoms with Gasteiger partial charge in [0.1, 0.15) is 6.04 Å². The molecule has 33 heavy (non-hydrogen) atoms. The van der Waals surface area contributed by atoms with E-state index in [9.17, 15) is 18.4 Å². The van der Waals surface area contributed by atoms with Gasteiger partial charge < -0.3 is 10.2 Å². The van der Waals surface area contributed by atoms with E-state index >= 15 is 0 Å². The summed E-state index contributed by atoms with van der Waals surface area (Å²) in [7, 11) is 0. The van der Waals surface area contributed by atoms with Gasteiger partial charge in [0.2, 0.25) is 5.91 Å². The standard InChI is InChI=1S/C24H23F2N5O2/c1-4-19(23(33)30-13-22(32)31-14-24(25,26)10-18(31)11-27)20-9-16(7-8-21(20)28-3)17-6-5-15(2)29-12-17/h4-9,12,18H,3,10,13-14H2,1-2H3,(H,30,33)/b19-4+/t18-/m0/s1. The zero-order chi connectivity index (χ0) is 24.2. The average Bonchev–Trinajstić information content (AvgIpc) is 3.13. The Morgan fingerprint density at radius 2 is 2.09 bits per heavy atom. The minimum absolute atomic E-state index is 0.246. The number of hydrogen-bond acceptors (Lipinski definition) is 5. The number of aliphatic imine (C=N–C) groups is 1. The van der Waals surface area contributed by atoms with Crippen LogP contribution in [0.25, 0.3) is 16.7 Å². The van der Waals surface area contributed by atoms with E-state index < -0.39 is 43.3 Å². The second-order valence-corrected chi connectivity index (χ2v) is 7.69. The number of nitriles is 1. The fraction of sp³-hybridized carbons (Fsp3) is 0.292. The largest absolute Gasteiger partial charge is 0.343 e. The number of nitrogens with one attached hydrogen (secondary N) is 1. The summed E-state index contributed by atoms with van der Waals surface area (Å²) < 4.78 is 27.2. The van der Waals surface area contributed by atoms with Crippen LogP contribution in [0.15, 0.2) is 47.6 Å². The van der Waals surface area contributed by atoms with Crippen molar-refractivity contribution in [2.45, 2.75) is 32.2 Å². The minimum atomic E-state index is -3.12. The third-order valence-corrected chi connectivity index (χ3v) is 5.37. The number of nitrogens with zero attached hydrogens (tertiary/aromatic N) is 4. The van der Waals surface area contributed by atoms with Crippen LogP contribution in [0, 0.1) is 18.3 Å². The lowest BCUT2D eigenvalue weighted by Crippen LogP contribution is -2.43. The van der Waals surface area contributed by atoms with E-state index in [2.05, 4.69) is 22.0 Å². The molecule has 0 aliphatic carbocycles. The average molecular weight is 451 g/mol. The maximum Gasteiger partial charge on any atom is 0.268 e. The maximum atomic E-state index is 13.6. The zero-order valence-corrected chi connectivity index (χ0v) is 18.3. The van der Waals surface area contributed by atoms with Crippen LogP contribution in [-0.4, -0.2) is 53.5 Å². The molecule has 0 bridgehead atoms. The molecule has 3 rings (SSSR count). The number of carbonyl (C=O) groups is 2. The number of likely N-dealkylation sites (tertiary alicyclic amines) is 1. The summed E-state index contributed by atoms with van der Waals surface area (Å²) in [6, 6.07) is 9.62. The van der Waals surface area contributed by atoms with Crippen molar-refractivity contribution in [1.82, 2.24) is 15.2 Å². The zero-order valence-electron chi connectivity index (χ0n) is 18.3. The van der Waals surface area contributed by atoms with Crippen LogP contribution in [0.1, 0.15) is 24.6 Å². The molecular weight excluding hydrogens is 428 g/mol. The molecule has 7 nitrogen and oxygen atoms in total. The molecular formula is C24H23F2N5O2. The van der Waals surface area contributed by atoms with E-state index in [1.807, 2.05) is 25.1 Å². The molecule has 170 valence electrons. The Labute approximate surface area is 190 Å². The quantitative estimate of drug-likeness (QED) is 0.535. The van der Waals surface area contributed by atoms with Gasteiger partial charge in [0.15, 0.2) is 0 Å². The van der Waals surface area contributed by atoms with Gasteiger partial charge in [0.05, 0.1) is 24.8 Å². The minimum Gasteiger partial charge on any atom is -0.343 e. The van der Waals surface area contributed by atoms with Crippen LogP contribution in [0.2, 0.25) is 0 Å². The third kappa shape index (κ3) is 5.29. The van der Waals surface area contributed by atoms with Crippen molar-refractivity contribution >= 4 is 29.8 Å². The summed E-state index contributed by atoms with van der Waals surface area (Å²) in [5.74, 6) is -4.44. The van der Waals surface area contributed by atoms with Gasteiger partial charge in [0.25, 0.3) is 11.8 Å². The lowest BCUT2D eigenvalue weighted by Gasteiger charge is -2.19. The fourth-order valence-corrected chi connectivity index (χ4v) is 3.66. The van der Waals surface area contributed by atoms with Gasteiger partial charge in [-0.15, -0.1) is 0 Å². The SMILES string of the molecule is C=Nc1ccc(-c2ccc(C)nc2)cc1/C(=C\C)C(=O)NCC(=O)N1CC(F)(F)C[C@H]1C#N. The van der Waals surface area contributed by atoms with Crippen molar-refractivity contribution in [3.63, 3.8) is 0 Å². The fourth-order valence-electron chi connectivity index (χ4n) is 3.66. The molecule has 0 unspecified atom stereocenters. The van der Waals surface area contributed by atoms with Crippen molar-refractivity contribution in [3.05, 3.63) is 53.9 Å². The summed E-state index contributed by atoms with van der Waals surface area (Å²) in [5.41, 5.74) is 3.74. The molecule has 1 aromatic carbocycles. The number of alkyl halides is 2. The van der Waals surface area contributed by atoms with E-state index in [1.165, 1.54) is 0 Å². The highest BCUT2D eigenvalue weighted by atomic mass is 19.3. The van der Waals surface area contributed by atoms with Crippen molar-refractivity contribution in [2.75, 3.05) is 13.1 Å². The molecule has 9 heteroatoms. The Bertz CT molecular complexity index is 1150. The number of benzene rings is 1. The van der Waals surface area contributed by atoms with Gasteiger partial charge in [-0.3, -0.25) is 19.6 Å². The number of aromatic nitrogens is 1. The summed E-state index contributed by atoms with van der Waals surface area (Å²) in [5, 5.41) is 11.5. The molecule has 2 aromatic rings. The maximum absolute atomic E-state index is 13.6. The summed E-state index contributed by atoms with van der Waals surface area (Å²) in [4.78, 5) is 34.4. The van der Waals surface area contributed by atoms with Crippen molar-refractivity contribution < 1.29 is 18.4 Å². The van der Waals surface area contributed by atoms with E-state index in [-0.39, 0.29) is 5.57 Å². The summed E-state index contributed by atoms with van der Waals surface area (Å²) in [6.45, 7) is 5.75. The highest BCUT2D eigenvalue weighted by molar-refractivity contribution is 6.21. The molecule has 2 amide bonds.